The first-order valence-corrected chi connectivity index (χ1v) is 5.76. The molecule has 1 unspecified atom stereocenters. The van der Waals surface area contributed by atoms with Crippen LogP contribution in [0.1, 0.15) is 24.4 Å². The molecule has 4 N–H and O–H groups in total. The molecule has 0 spiro atoms. The van der Waals surface area contributed by atoms with Crippen LogP contribution in [0.5, 0.6) is 11.5 Å². The van der Waals surface area contributed by atoms with Gasteiger partial charge in [-0.25, -0.2) is 4.79 Å². The van der Waals surface area contributed by atoms with E-state index in [1.54, 1.807) is 11.0 Å². The number of benzene rings is 1. The fourth-order valence-electron chi connectivity index (χ4n) is 2.24. The highest BCUT2D eigenvalue weighted by atomic mass is 16.3. The maximum atomic E-state index is 11.7. The lowest BCUT2D eigenvalue weighted by Crippen LogP contribution is -2.34. The Balaban J connectivity index is 2.00. The lowest BCUT2D eigenvalue weighted by atomic mass is 10.0. The number of nitrogens with zero attached hydrogens (tertiary/aromatic N) is 2. The number of amides is 2. The van der Waals surface area contributed by atoms with E-state index < -0.39 is 6.04 Å². The third-order valence-electron chi connectivity index (χ3n) is 3.26. The van der Waals surface area contributed by atoms with Gasteiger partial charge >= 0.3 is 6.03 Å². The molecule has 0 bridgehead atoms. The Kier molecular flexibility index (Phi) is 2.19. The molecule has 1 aliphatic carbocycles. The van der Waals surface area contributed by atoms with Crippen molar-refractivity contribution in [3.8, 4) is 11.5 Å². The molecule has 2 aliphatic rings. The highest BCUT2D eigenvalue weighted by Crippen LogP contribution is 2.39. The number of phenolic OH excluding ortho intramolecular Hbond substituents is 2. The first-order valence-electron chi connectivity index (χ1n) is 5.76. The van der Waals surface area contributed by atoms with E-state index in [4.69, 9.17) is 5.73 Å². The van der Waals surface area contributed by atoms with Gasteiger partial charge in [-0.05, 0) is 30.5 Å². The van der Waals surface area contributed by atoms with Gasteiger partial charge in [0.1, 0.15) is 11.9 Å². The number of phenols is 2. The first-order chi connectivity index (χ1) is 8.58. The zero-order chi connectivity index (χ0) is 12.9. The smallest absolute Gasteiger partial charge is 0.346 e. The Hall–Kier alpha value is -2.24. The Morgan fingerprint density at radius 3 is 2.61 bits per heavy atom. The summed E-state index contributed by atoms with van der Waals surface area (Å²) in [6.45, 7) is 0. The third kappa shape index (κ3) is 1.57. The van der Waals surface area contributed by atoms with E-state index >= 15 is 0 Å². The van der Waals surface area contributed by atoms with Crippen LogP contribution in [0.2, 0.25) is 0 Å². The molecule has 94 valence electrons. The number of carbonyl (C=O) groups is 1. The summed E-state index contributed by atoms with van der Waals surface area (Å²) in [6, 6.07) is 3.85. The predicted octanol–water partition coefficient (Wildman–Crippen LogP) is 1.09. The van der Waals surface area contributed by atoms with Crippen LogP contribution in [0, 0.1) is 0 Å². The standard InChI is InChI=1S/C12H13N3O3/c13-11-10(6-1-4-8(16)9(17)5-6)15(7-2-3-7)12(18)14-11/h1,4-5,7,10,16-17H,2-3H2,(H2,13,14,18). The van der Waals surface area contributed by atoms with Crippen molar-refractivity contribution >= 4 is 11.9 Å². The van der Waals surface area contributed by atoms with E-state index in [2.05, 4.69) is 4.99 Å². The quantitative estimate of drug-likeness (QED) is 0.681. The van der Waals surface area contributed by atoms with Gasteiger partial charge in [-0.1, -0.05) is 6.07 Å². The summed E-state index contributed by atoms with van der Waals surface area (Å²) >= 11 is 0. The summed E-state index contributed by atoms with van der Waals surface area (Å²) < 4.78 is 0. The Morgan fingerprint density at radius 1 is 1.28 bits per heavy atom. The highest BCUT2D eigenvalue weighted by molar-refractivity contribution is 6.03. The molecule has 1 aliphatic heterocycles. The van der Waals surface area contributed by atoms with E-state index in [-0.39, 0.29) is 29.4 Å². The van der Waals surface area contributed by atoms with Gasteiger partial charge in [0.2, 0.25) is 0 Å². The number of aliphatic imine (C=N–C) groups is 1. The average Bonchev–Trinajstić information content (AvgIpc) is 3.09. The van der Waals surface area contributed by atoms with E-state index in [9.17, 15) is 15.0 Å². The third-order valence-corrected chi connectivity index (χ3v) is 3.26. The van der Waals surface area contributed by atoms with Crippen LogP contribution >= 0.6 is 0 Å². The number of carbonyl (C=O) groups excluding carboxylic acids is 1. The van der Waals surface area contributed by atoms with Gasteiger partial charge in [-0.2, -0.15) is 4.99 Å². The Labute approximate surface area is 103 Å². The SMILES string of the molecule is NC1=NC(=O)N(C2CC2)C1c1ccc(O)c(O)c1. The molecular formula is C12H13N3O3. The zero-order valence-corrected chi connectivity index (χ0v) is 9.58. The molecule has 0 radical (unpaired) electrons. The normalized spacial score (nSPS) is 23.3. The molecule has 1 atom stereocenters. The van der Waals surface area contributed by atoms with Crippen molar-refractivity contribution < 1.29 is 15.0 Å². The van der Waals surface area contributed by atoms with Crippen LogP contribution < -0.4 is 5.73 Å². The van der Waals surface area contributed by atoms with Crippen molar-refractivity contribution in [3.05, 3.63) is 23.8 Å². The van der Waals surface area contributed by atoms with Gasteiger partial charge in [0.05, 0.1) is 0 Å². The van der Waals surface area contributed by atoms with E-state index in [1.807, 2.05) is 0 Å². The first kappa shape index (κ1) is 10.9. The van der Waals surface area contributed by atoms with Gasteiger partial charge in [0.25, 0.3) is 0 Å². The van der Waals surface area contributed by atoms with Gasteiger partial charge in [0, 0.05) is 6.04 Å². The van der Waals surface area contributed by atoms with Crippen LogP contribution in [0.4, 0.5) is 4.79 Å². The lowest BCUT2D eigenvalue weighted by molar-refractivity contribution is 0.203. The van der Waals surface area contributed by atoms with Gasteiger partial charge in [-0.3, -0.25) is 0 Å². The van der Waals surface area contributed by atoms with Crippen molar-refractivity contribution in [1.82, 2.24) is 4.90 Å². The fraction of sp³-hybridized carbons (Fsp3) is 0.333. The monoisotopic (exact) mass is 247 g/mol. The summed E-state index contributed by atoms with van der Waals surface area (Å²) in [5.41, 5.74) is 6.45. The minimum atomic E-state index is -0.434. The Morgan fingerprint density at radius 2 is 2.00 bits per heavy atom. The summed E-state index contributed by atoms with van der Waals surface area (Å²) in [6.07, 6.45) is 1.91. The summed E-state index contributed by atoms with van der Waals surface area (Å²) in [5, 5.41) is 18.8. The van der Waals surface area contributed by atoms with Crippen LogP contribution in [-0.4, -0.2) is 33.0 Å². The highest BCUT2D eigenvalue weighted by Gasteiger charge is 2.43. The average molecular weight is 247 g/mol. The maximum absolute atomic E-state index is 11.7. The molecule has 2 amide bonds. The molecule has 1 aromatic carbocycles. The molecule has 1 fully saturated rings. The Bertz CT molecular complexity index is 551. The molecule has 6 heteroatoms. The van der Waals surface area contributed by atoms with Gasteiger partial charge < -0.3 is 20.8 Å². The van der Waals surface area contributed by atoms with Crippen molar-refractivity contribution in [2.75, 3.05) is 0 Å². The van der Waals surface area contributed by atoms with Gasteiger partial charge in [0.15, 0.2) is 11.5 Å². The predicted molar refractivity (Wildman–Crippen MR) is 64.4 cm³/mol. The van der Waals surface area contributed by atoms with Crippen LogP contribution in [0.15, 0.2) is 23.2 Å². The molecule has 0 aromatic heterocycles. The molecule has 0 saturated heterocycles. The number of aromatic hydroxyl groups is 2. The largest absolute Gasteiger partial charge is 0.504 e. The van der Waals surface area contributed by atoms with Crippen LogP contribution in [0.25, 0.3) is 0 Å². The molecule has 1 aromatic rings. The topological polar surface area (TPSA) is 99.2 Å². The number of amidine groups is 1. The van der Waals surface area contributed by atoms with Crippen LogP contribution in [0.3, 0.4) is 0 Å². The zero-order valence-electron chi connectivity index (χ0n) is 9.58. The molecule has 3 rings (SSSR count). The minimum absolute atomic E-state index is 0.184. The van der Waals surface area contributed by atoms with Crippen molar-refractivity contribution in [1.29, 1.82) is 0 Å². The van der Waals surface area contributed by atoms with Gasteiger partial charge in [-0.15, -0.1) is 0 Å². The van der Waals surface area contributed by atoms with Crippen molar-refractivity contribution in [3.63, 3.8) is 0 Å². The molecular weight excluding hydrogens is 234 g/mol. The second-order valence-corrected chi connectivity index (χ2v) is 4.61. The number of hydrogen-bond acceptors (Lipinski definition) is 4. The maximum Gasteiger partial charge on any atom is 0.346 e. The molecule has 1 heterocycles. The van der Waals surface area contributed by atoms with Crippen molar-refractivity contribution in [2.24, 2.45) is 10.7 Å². The molecule has 1 saturated carbocycles. The summed E-state index contributed by atoms with van der Waals surface area (Å²) in [5.74, 6) is -0.191. The number of urea groups is 1. The fourth-order valence-corrected chi connectivity index (χ4v) is 2.24. The lowest BCUT2D eigenvalue weighted by Gasteiger charge is -2.24. The number of nitrogens with two attached hydrogens (primary N) is 1. The van der Waals surface area contributed by atoms with E-state index in [0.717, 1.165) is 12.8 Å². The number of hydrogen-bond donors (Lipinski definition) is 3. The van der Waals surface area contributed by atoms with Crippen molar-refractivity contribution in [2.45, 2.75) is 24.9 Å². The van der Waals surface area contributed by atoms with E-state index in [0.29, 0.717) is 5.56 Å². The number of rotatable bonds is 2. The van der Waals surface area contributed by atoms with Crippen LogP contribution in [-0.2, 0) is 0 Å². The minimum Gasteiger partial charge on any atom is -0.504 e. The second kappa shape index (κ2) is 3.63. The van der Waals surface area contributed by atoms with E-state index in [1.165, 1.54) is 12.1 Å². The molecule has 18 heavy (non-hydrogen) atoms. The second-order valence-electron chi connectivity index (χ2n) is 4.61. The molecule has 6 nitrogen and oxygen atoms in total. The summed E-state index contributed by atoms with van der Waals surface area (Å²) in [4.78, 5) is 17.2. The summed E-state index contributed by atoms with van der Waals surface area (Å²) in [7, 11) is 0.